The molecule has 5 rings (SSSR count). The number of rotatable bonds is 5. The summed E-state index contributed by atoms with van der Waals surface area (Å²) in [5.74, 6) is 0.651. The largest absolute Gasteiger partial charge is 0.507 e. The maximum absolute atomic E-state index is 15.1. The molecule has 33 heavy (non-hydrogen) atoms. The number of benzene rings is 1. The topological polar surface area (TPSA) is 100.0 Å². The zero-order valence-corrected chi connectivity index (χ0v) is 18.8. The molecule has 0 amide bonds. The minimum atomic E-state index is -2.23. The van der Waals surface area contributed by atoms with Crippen molar-refractivity contribution in [3.63, 3.8) is 0 Å². The van der Waals surface area contributed by atoms with Crippen LogP contribution in [0, 0.1) is 0 Å². The molecular weight excluding hydrogens is 441 g/mol. The second-order valence-corrected chi connectivity index (χ2v) is 9.14. The van der Waals surface area contributed by atoms with Gasteiger partial charge in [-0.15, -0.1) is 27.1 Å². The zero-order chi connectivity index (χ0) is 25.4. The number of thioether (sulfide) groups is 1. The molecule has 2 fully saturated rings. The van der Waals surface area contributed by atoms with Crippen molar-refractivity contribution < 1.29 is 13.6 Å². The molecule has 4 atom stereocenters. The molecule has 10 heteroatoms. The SMILES string of the molecule is [2H]C([2H])([2H])Sc1cc(-c2ccc(-c3ncc(N(C)[C@H]4C[C@@H]5CCC[C@H](N5)[C@H]4F)nn3)c(O)c2)cnn1. The normalized spacial score (nSPS) is 26.2. The predicted octanol–water partition coefficient (Wildman–Crippen LogP) is 3.48. The highest BCUT2D eigenvalue weighted by molar-refractivity contribution is 7.98. The Kier molecular flexibility index (Phi) is 5.17. The standard InChI is InChI=1S/C23H26FN7OS/c1-31(18-10-15-4-3-5-17(27-15)22(18)24)20-12-25-23(30-28-20)16-7-6-13(8-19(16)32)14-9-21(33-2)29-26-11-14/h6-9,11-12,15,17-18,22,27,32H,3-5,10H2,1-2H3/t15-,17-,18-,22+/m0/s1/i2D3. The molecule has 4 heterocycles. The molecule has 0 aliphatic carbocycles. The summed E-state index contributed by atoms with van der Waals surface area (Å²) in [7, 11) is 1.82. The van der Waals surface area contributed by atoms with Crippen molar-refractivity contribution in [1.82, 2.24) is 30.7 Å². The number of nitrogens with zero attached hydrogens (tertiary/aromatic N) is 6. The van der Waals surface area contributed by atoms with Gasteiger partial charge < -0.3 is 15.3 Å². The quantitative estimate of drug-likeness (QED) is 0.543. The molecule has 3 aromatic rings. The molecule has 8 nitrogen and oxygen atoms in total. The maximum Gasteiger partial charge on any atom is 0.185 e. The minimum absolute atomic E-state index is 0.0627. The molecule has 2 N–H and O–H groups in total. The monoisotopic (exact) mass is 470 g/mol. The summed E-state index contributed by atoms with van der Waals surface area (Å²) in [6.45, 7) is 0. The summed E-state index contributed by atoms with van der Waals surface area (Å²) in [4.78, 5) is 6.19. The van der Waals surface area contributed by atoms with E-state index < -0.39 is 12.4 Å². The van der Waals surface area contributed by atoms with Gasteiger partial charge in [-0.1, -0.05) is 12.5 Å². The van der Waals surface area contributed by atoms with Crippen molar-refractivity contribution in [3.8, 4) is 28.3 Å². The van der Waals surface area contributed by atoms with Crippen LogP contribution in [0.2, 0.25) is 0 Å². The van der Waals surface area contributed by atoms with Crippen molar-refractivity contribution >= 4 is 17.6 Å². The molecular formula is C23H26FN7OS. The Hall–Kier alpha value is -2.85. The summed E-state index contributed by atoms with van der Waals surface area (Å²) < 4.78 is 37.2. The van der Waals surface area contributed by atoms with Gasteiger partial charge in [0.15, 0.2) is 11.6 Å². The fraction of sp³-hybridized carbons (Fsp3) is 0.435. The lowest BCUT2D eigenvalue weighted by Crippen LogP contribution is -2.61. The lowest BCUT2D eigenvalue weighted by Gasteiger charge is -2.45. The highest BCUT2D eigenvalue weighted by Gasteiger charge is 2.42. The average molecular weight is 471 g/mol. The van der Waals surface area contributed by atoms with Gasteiger partial charge >= 0.3 is 0 Å². The molecule has 2 aliphatic heterocycles. The van der Waals surface area contributed by atoms with E-state index in [1.165, 1.54) is 12.3 Å². The van der Waals surface area contributed by atoms with Gasteiger partial charge in [0, 0.05) is 28.8 Å². The van der Waals surface area contributed by atoms with E-state index in [2.05, 4.69) is 30.7 Å². The van der Waals surface area contributed by atoms with Crippen molar-refractivity contribution in [3.05, 3.63) is 36.7 Å². The Labute approximate surface area is 200 Å². The first-order chi connectivity index (χ1) is 17.2. The third-order valence-corrected chi connectivity index (χ3v) is 6.92. The first kappa shape index (κ1) is 18.6. The molecule has 172 valence electrons. The van der Waals surface area contributed by atoms with Gasteiger partial charge in [0.25, 0.3) is 0 Å². The van der Waals surface area contributed by atoms with Crippen LogP contribution >= 0.6 is 11.8 Å². The van der Waals surface area contributed by atoms with E-state index in [0.29, 0.717) is 46.7 Å². The van der Waals surface area contributed by atoms with E-state index in [4.69, 9.17) is 4.11 Å². The number of hydrogen-bond donors (Lipinski definition) is 2. The van der Waals surface area contributed by atoms with Crippen LogP contribution in [0.4, 0.5) is 10.2 Å². The van der Waals surface area contributed by atoms with Crippen LogP contribution in [-0.4, -0.2) is 68.0 Å². The number of aromatic nitrogens is 5. The van der Waals surface area contributed by atoms with Crippen LogP contribution in [-0.2, 0) is 0 Å². The van der Waals surface area contributed by atoms with Crippen LogP contribution in [0.15, 0.2) is 41.7 Å². The summed E-state index contributed by atoms with van der Waals surface area (Å²) in [5, 5.41) is 30.5. The fourth-order valence-electron chi connectivity index (χ4n) is 4.73. The third-order valence-electron chi connectivity index (χ3n) is 6.51. The first-order valence-electron chi connectivity index (χ1n) is 12.4. The van der Waals surface area contributed by atoms with Gasteiger partial charge in [-0.05, 0) is 49.2 Å². The molecule has 2 saturated heterocycles. The van der Waals surface area contributed by atoms with Gasteiger partial charge in [0.1, 0.15) is 16.9 Å². The number of halogens is 1. The summed E-state index contributed by atoms with van der Waals surface area (Å²) in [5.41, 5.74) is 1.63. The molecule has 0 saturated carbocycles. The smallest absolute Gasteiger partial charge is 0.185 e. The maximum atomic E-state index is 15.1. The summed E-state index contributed by atoms with van der Waals surface area (Å²) in [6.07, 6.45) is 3.47. The number of phenolic OH excluding ortho intramolecular Hbond substituents is 1. The number of fused-ring (bicyclic) bond motifs is 2. The van der Waals surface area contributed by atoms with Gasteiger partial charge in [0.2, 0.25) is 0 Å². The van der Waals surface area contributed by atoms with Gasteiger partial charge in [-0.2, -0.15) is 5.10 Å². The lowest BCUT2D eigenvalue weighted by molar-refractivity contribution is 0.107. The summed E-state index contributed by atoms with van der Waals surface area (Å²) in [6, 6.07) is 6.44. The Morgan fingerprint density at radius 3 is 2.88 bits per heavy atom. The van der Waals surface area contributed by atoms with Crippen LogP contribution in [0.1, 0.15) is 29.8 Å². The van der Waals surface area contributed by atoms with E-state index >= 15 is 4.39 Å². The van der Waals surface area contributed by atoms with Crippen molar-refractivity contribution in [1.29, 1.82) is 0 Å². The van der Waals surface area contributed by atoms with Crippen molar-refractivity contribution in [2.45, 2.75) is 55.0 Å². The highest BCUT2D eigenvalue weighted by Crippen LogP contribution is 2.34. The number of nitrogens with one attached hydrogen (secondary N) is 1. The van der Waals surface area contributed by atoms with Crippen LogP contribution < -0.4 is 10.2 Å². The number of phenols is 1. The number of anilines is 1. The Balaban J connectivity index is 1.33. The number of aromatic hydroxyl groups is 1. The van der Waals surface area contributed by atoms with Crippen molar-refractivity contribution in [2.75, 3.05) is 18.1 Å². The second kappa shape index (κ2) is 9.18. The van der Waals surface area contributed by atoms with Crippen molar-refractivity contribution in [2.24, 2.45) is 0 Å². The fourth-order valence-corrected chi connectivity index (χ4v) is 5.01. The van der Waals surface area contributed by atoms with E-state index in [-0.39, 0.29) is 28.7 Å². The number of alkyl halides is 1. The molecule has 0 spiro atoms. The van der Waals surface area contributed by atoms with Crippen LogP contribution in [0.3, 0.4) is 0 Å². The van der Waals surface area contributed by atoms with E-state index in [1.54, 1.807) is 24.4 Å². The van der Waals surface area contributed by atoms with E-state index in [9.17, 15) is 5.11 Å². The number of piperidine rings is 2. The first-order valence-corrected chi connectivity index (χ1v) is 11.7. The molecule has 2 aromatic heterocycles. The average Bonchev–Trinajstić information content (AvgIpc) is 2.85. The molecule has 0 unspecified atom stereocenters. The lowest BCUT2D eigenvalue weighted by atomic mass is 9.82. The molecule has 2 aliphatic rings. The Bertz CT molecular complexity index is 1230. The van der Waals surface area contributed by atoms with Crippen LogP contribution in [0.5, 0.6) is 5.75 Å². The van der Waals surface area contributed by atoms with Gasteiger partial charge in [-0.3, -0.25) is 0 Å². The van der Waals surface area contributed by atoms with E-state index in [1.807, 2.05) is 11.9 Å². The summed E-state index contributed by atoms with van der Waals surface area (Å²) >= 11 is 0.637. The molecule has 2 bridgehead atoms. The predicted molar refractivity (Wildman–Crippen MR) is 126 cm³/mol. The Morgan fingerprint density at radius 2 is 2.09 bits per heavy atom. The number of hydrogen-bond acceptors (Lipinski definition) is 9. The Morgan fingerprint density at radius 1 is 1.18 bits per heavy atom. The molecule has 1 aromatic carbocycles. The second-order valence-electron chi connectivity index (χ2n) is 8.52. The molecule has 0 radical (unpaired) electrons. The van der Waals surface area contributed by atoms with Crippen LogP contribution in [0.25, 0.3) is 22.5 Å². The minimum Gasteiger partial charge on any atom is -0.507 e. The van der Waals surface area contributed by atoms with E-state index in [0.717, 1.165) is 19.3 Å². The van der Waals surface area contributed by atoms with Gasteiger partial charge in [-0.25, -0.2) is 9.37 Å². The highest BCUT2D eigenvalue weighted by atomic mass is 32.2. The third kappa shape index (κ3) is 4.37. The van der Waals surface area contributed by atoms with Gasteiger partial charge in [0.05, 0.1) is 24.0 Å². The zero-order valence-electron chi connectivity index (χ0n) is 21.0.